The summed E-state index contributed by atoms with van der Waals surface area (Å²) in [6.45, 7) is 9.91. The van der Waals surface area contributed by atoms with Crippen molar-refractivity contribution in [3.8, 4) is 0 Å². The zero-order valence-electron chi connectivity index (χ0n) is 12.1. The van der Waals surface area contributed by atoms with Crippen LogP contribution in [0.3, 0.4) is 0 Å². The van der Waals surface area contributed by atoms with E-state index in [0.717, 1.165) is 6.54 Å². The summed E-state index contributed by atoms with van der Waals surface area (Å²) in [5.74, 6) is 0. The zero-order valence-corrected chi connectivity index (χ0v) is 12.1. The first kappa shape index (κ1) is 13.1. The molecule has 2 heterocycles. The van der Waals surface area contributed by atoms with Gasteiger partial charge in [0.1, 0.15) is 0 Å². The Morgan fingerprint density at radius 1 is 0.947 bits per heavy atom. The van der Waals surface area contributed by atoms with E-state index in [0.29, 0.717) is 5.41 Å². The van der Waals surface area contributed by atoms with E-state index in [1.54, 1.807) is 0 Å². The van der Waals surface area contributed by atoms with Crippen LogP contribution in [-0.2, 0) is 6.54 Å². The van der Waals surface area contributed by atoms with Gasteiger partial charge in [0.05, 0.1) is 0 Å². The Kier molecular flexibility index (Phi) is 3.90. The maximum atomic E-state index is 2.63. The minimum atomic E-state index is 0.656. The summed E-state index contributed by atoms with van der Waals surface area (Å²) in [7, 11) is 0. The summed E-state index contributed by atoms with van der Waals surface area (Å²) in [5, 5.41) is 0. The van der Waals surface area contributed by atoms with E-state index in [4.69, 9.17) is 0 Å². The normalized spacial score (nSPS) is 24.1. The van der Waals surface area contributed by atoms with Crippen LogP contribution in [0.15, 0.2) is 30.3 Å². The molecule has 0 N–H and O–H groups in total. The molecule has 0 amide bonds. The monoisotopic (exact) mass is 258 g/mol. The third-order valence-corrected chi connectivity index (χ3v) is 5.13. The first-order valence-electron chi connectivity index (χ1n) is 7.78. The van der Waals surface area contributed by atoms with E-state index in [1.165, 1.54) is 57.5 Å². The number of nitrogens with zero attached hydrogens (tertiary/aromatic N) is 2. The first-order chi connectivity index (χ1) is 9.30. The van der Waals surface area contributed by atoms with Crippen LogP contribution in [0.4, 0.5) is 0 Å². The molecular formula is C17H26N2. The summed E-state index contributed by atoms with van der Waals surface area (Å²) < 4.78 is 0. The van der Waals surface area contributed by atoms with Crippen LogP contribution in [0, 0.1) is 5.41 Å². The molecule has 3 rings (SSSR count). The standard InChI is InChI=1S/C17H26N2/c1-2-18-11-8-17(15-18)9-12-19(13-10-17)14-16-6-4-3-5-7-16/h3-7H,2,8-15H2,1H3. The molecule has 2 nitrogen and oxygen atoms in total. The van der Waals surface area contributed by atoms with Gasteiger partial charge >= 0.3 is 0 Å². The molecule has 1 spiro atoms. The maximum absolute atomic E-state index is 2.63. The van der Waals surface area contributed by atoms with Gasteiger partial charge in [-0.2, -0.15) is 0 Å². The molecular weight excluding hydrogens is 232 g/mol. The Balaban J connectivity index is 1.53. The second-order valence-corrected chi connectivity index (χ2v) is 6.38. The molecule has 2 heteroatoms. The Morgan fingerprint density at radius 3 is 2.16 bits per heavy atom. The smallest absolute Gasteiger partial charge is 0.0233 e. The molecule has 0 aromatic heterocycles. The Bertz CT molecular complexity index is 393. The van der Waals surface area contributed by atoms with E-state index in [9.17, 15) is 0 Å². The SMILES string of the molecule is CCN1CCC2(CCN(Cc3ccccc3)CC2)C1. The van der Waals surface area contributed by atoms with E-state index in [-0.39, 0.29) is 0 Å². The largest absolute Gasteiger partial charge is 0.303 e. The number of rotatable bonds is 3. The molecule has 104 valence electrons. The minimum absolute atomic E-state index is 0.656. The van der Waals surface area contributed by atoms with Gasteiger partial charge in [0, 0.05) is 13.1 Å². The van der Waals surface area contributed by atoms with Gasteiger partial charge in [-0.05, 0) is 56.4 Å². The topological polar surface area (TPSA) is 6.48 Å². The van der Waals surface area contributed by atoms with Crippen molar-refractivity contribution < 1.29 is 0 Å². The Morgan fingerprint density at radius 2 is 1.58 bits per heavy atom. The Hall–Kier alpha value is -0.860. The van der Waals surface area contributed by atoms with E-state index in [2.05, 4.69) is 47.1 Å². The molecule has 0 radical (unpaired) electrons. The van der Waals surface area contributed by atoms with Crippen LogP contribution >= 0.6 is 0 Å². The van der Waals surface area contributed by atoms with Crippen LogP contribution in [0.5, 0.6) is 0 Å². The van der Waals surface area contributed by atoms with Crippen molar-refractivity contribution in [3.05, 3.63) is 35.9 Å². The third kappa shape index (κ3) is 3.01. The molecule has 0 unspecified atom stereocenters. The lowest BCUT2D eigenvalue weighted by atomic mass is 9.77. The predicted octanol–water partition coefficient (Wildman–Crippen LogP) is 2.99. The van der Waals surface area contributed by atoms with Crippen molar-refractivity contribution in [3.63, 3.8) is 0 Å². The van der Waals surface area contributed by atoms with Crippen LogP contribution in [-0.4, -0.2) is 42.5 Å². The first-order valence-corrected chi connectivity index (χ1v) is 7.78. The van der Waals surface area contributed by atoms with Crippen LogP contribution < -0.4 is 0 Å². The molecule has 2 aliphatic heterocycles. The second kappa shape index (κ2) is 5.64. The molecule has 0 saturated carbocycles. The summed E-state index contributed by atoms with van der Waals surface area (Å²) in [6, 6.07) is 10.9. The highest BCUT2D eigenvalue weighted by atomic mass is 15.2. The predicted molar refractivity (Wildman–Crippen MR) is 80.1 cm³/mol. The number of piperidine rings is 1. The van der Waals surface area contributed by atoms with Crippen molar-refractivity contribution in [1.29, 1.82) is 0 Å². The van der Waals surface area contributed by atoms with Crippen molar-refractivity contribution in [2.75, 3.05) is 32.7 Å². The maximum Gasteiger partial charge on any atom is 0.0233 e. The van der Waals surface area contributed by atoms with Gasteiger partial charge in [-0.3, -0.25) is 4.90 Å². The lowest BCUT2D eigenvalue weighted by Crippen LogP contribution is -2.41. The fraction of sp³-hybridized carbons (Fsp3) is 0.647. The highest BCUT2D eigenvalue weighted by molar-refractivity contribution is 5.14. The fourth-order valence-electron chi connectivity index (χ4n) is 3.73. The minimum Gasteiger partial charge on any atom is -0.303 e. The van der Waals surface area contributed by atoms with Gasteiger partial charge in [0.25, 0.3) is 0 Å². The van der Waals surface area contributed by atoms with Gasteiger partial charge in [0.2, 0.25) is 0 Å². The molecule has 1 aromatic rings. The Labute approximate surface area is 117 Å². The van der Waals surface area contributed by atoms with Gasteiger partial charge in [-0.25, -0.2) is 0 Å². The summed E-state index contributed by atoms with van der Waals surface area (Å²) in [5.41, 5.74) is 2.11. The van der Waals surface area contributed by atoms with Gasteiger partial charge in [0.15, 0.2) is 0 Å². The highest BCUT2D eigenvalue weighted by Crippen LogP contribution is 2.40. The molecule has 2 fully saturated rings. The van der Waals surface area contributed by atoms with Crippen molar-refractivity contribution in [1.82, 2.24) is 9.80 Å². The molecule has 1 aromatic carbocycles. The summed E-state index contributed by atoms with van der Waals surface area (Å²) in [4.78, 5) is 5.27. The molecule has 0 bridgehead atoms. The average molecular weight is 258 g/mol. The molecule has 0 atom stereocenters. The van der Waals surface area contributed by atoms with Crippen molar-refractivity contribution in [2.24, 2.45) is 5.41 Å². The van der Waals surface area contributed by atoms with E-state index < -0.39 is 0 Å². The number of hydrogen-bond acceptors (Lipinski definition) is 2. The quantitative estimate of drug-likeness (QED) is 0.822. The van der Waals surface area contributed by atoms with E-state index >= 15 is 0 Å². The molecule has 19 heavy (non-hydrogen) atoms. The molecule has 0 aliphatic carbocycles. The zero-order chi connectivity index (χ0) is 13.1. The van der Waals surface area contributed by atoms with Crippen molar-refractivity contribution in [2.45, 2.75) is 32.7 Å². The molecule has 2 aliphatic rings. The fourth-order valence-corrected chi connectivity index (χ4v) is 3.73. The van der Waals surface area contributed by atoms with Crippen LogP contribution in [0.25, 0.3) is 0 Å². The lowest BCUT2D eigenvalue weighted by Gasteiger charge is -2.39. The van der Waals surface area contributed by atoms with Gasteiger partial charge in [-0.15, -0.1) is 0 Å². The van der Waals surface area contributed by atoms with Crippen LogP contribution in [0.2, 0.25) is 0 Å². The number of benzene rings is 1. The summed E-state index contributed by atoms with van der Waals surface area (Å²) >= 11 is 0. The van der Waals surface area contributed by atoms with Gasteiger partial charge < -0.3 is 4.90 Å². The summed E-state index contributed by atoms with van der Waals surface area (Å²) in [6.07, 6.45) is 4.23. The van der Waals surface area contributed by atoms with E-state index in [1.807, 2.05) is 0 Å². The highest BCUT2D eigenvalue weighted by Gasteiger charge is 2.39. The lowest BCUT2D eigenvalue weighted by molar-refractivity contribution is 0.103. The molecule has 2 saturated heterocycles. The second-order valence-electron chi connectivity index (χ2n) is 6.38. The van der Waals surface area contributed by atoms with Crippen molar-refractivity contribution >= 4 is 0 Å². The van der Waals surface area contributed by atoms with Gasteiger partial charge in [-0.1, -0.05) is 37.3 Å². The average Bonchev–Trinajstić information content (AvgIpc) is 2.86. The number of likely N-dealkylation sites (tertiary alicyclic amines) is 2. The third-order valence-electron chi connectivity index (χ3n) is 5.13. The van der Waals surface area contributed by atoms with Crippen LogP contribution in [0.1, 0.15) is 31.7 Å². The number of hydrogen-bond donors (Lipinski definition) is 0.